The van der Waals surface area contributed by atoms with E-state index in [1.165, 1.54) is 28.7 Å². The van der Waals surface area contributed by atoms with Crippen molar-refractivity contribution in [1.82, 2.24) is 0 Å². The Balaban J connectivity index is 2.56. The molecule has 1 aromatic rings. The minimum absolute atomic E-state index is 0.0927. The van der Waals surface area contributed by atoms with Crippen molar-refractivity contribution in [2.75, 3.05) is 0 Å². The topological polar surface area (TPSA) is 0 Å². The highest BCUT2D eigenvalue weighted by Crippen LogP contribution is 2.47. The second kappa shape index (κ2) is 5.83. The Morgan fingerprint density at radius 3 is 2.50 bits per heavy atom. The molecule has 0 saturated carbocycles. The van der Waals surface area contributed by atoms with Crippen molar-refractivity contribution in [3.63, 3.8) is 0 Å². The number of fused-ring (bicyclic) bond motifs is 1. The molecular weight excluding hydrogens is 240 g/mol. The van der Waals surface area contributed by atoms with Crippen LogP contribution in [0.3, 0.4) is 0 Å². The lowest BCUT2D eigenvalue weighted by molar-refractivity contribution is 0.648. The molecule has 1 unspecified atom stereocenters. The van der Waals surface area contributed by atoms with E-state index in [0.717, 1.165) is 0 Å². The highest BCUT2D eigenvalue weighted by atomic mass is 14.4. The lowest BCUT2D eigenvalue weighted by Crippen LogP contribution is -2.16. The van der Waals surface area contributed by atoms with Gasteiger partial charge in [-0.1, -0.05) is 82.7 Å². The van der Waals surface area contributed by atoms with Crippen LogP contribution in [0.2, 0.25) is 0 Å². The molecule has 0 bridgehead atoms. The zero-order valence-corrected chi connectivity index (χ0v) is 13.4. The van der Waals surface area contributed by atoms with Crippen molar-refractivity contribution in [3.05, 3.63) is 65.3 Å². The number of benzene rings is 1. The maximum Gasteiger partial charge on any atom is 0.0158 e. The second-order valence-electron chi connectivity index (χ2n) is 6.24. The van der Waals surface area contributed by atoms with Crippen molar-refractivity contribution < 1.29 is 0 Å². The molecule has 0 saturated heterocycles. The molecule has 0 amide bonds. The standard InChI is InChI=1S/C20H26/c1-6-10-16-17-11-8-9-12-18(17)20(4,5)19(16)14-13-15(3)7-2/h6,8-15H,7H2,1-5H3/b10-6-,14-13-. The fourth-order valence-corrected chi connectivity index (χ4v) is 2.93. The Morgan fingerprint density at radius 1 is 1.15 bits per heavy atom. The fourth-order valence-electron chi connectivity index (χ4n) is 2.93. The van der Waals surface area contributed by atoms with Crippen molar-refractivity contribution in [2.24, 2.45) is 5.92 Å². The van der Waals surface area contributed by atoms with Crippen molar-refractivity contribution in [2.45, 2.75) is 46.5 Å². The second-order valence-corrected chi connectivity index (χ2v) is 6.24. The van der Waals surface area contributed by atoms with Crippen LogP contribution in [0.15, 0.2) is 54.1 Å². The number of hydrogen-bond acceptors (Lipinski definition) is 0. The van der Waals surface area contributed by atoms with Gasteiger partial charge in [0.25, 0.3) is 0 Å². The summed E-state index contributed by atoms with van der Waals surface area (Å²) >= 11 is 0. The maximum atomic E-state index is 2.35. The summed E-state index contributed by atoms with van der Waals surface area (Å²) in [5.41, 5.74) is 5.75. The van der Waals surface area contributed by atoms with E-state index in [-0.39, 0.29) is 5.41 Å². The summed E-state index contributed by atoms with van der Waals surface area (Å²) < 4.78 is 0. The van der Waals surface area contributed by atoms with E-state index in [1.807, 2.05) is 0 Å². The maximum absolute atomic E-state index is 2.35. The molecule has 0 heteroatoms. The summed E-state index contributed by atoms with van der Waals surface area (Å²) in [5.74, 6) is 0.633. The van der Waals surface area contributed by atoms with Gasteiger partial charge in [-0.2, -0.15) is 0 Å². The molecule has 0 heterocycles. The molecule has 0 N–H and O–H groups in total. The Kier molecular flexibility index (Phi) is 4.32. The summed E-state index contributed by atoms with van der Waals surface area (Å²) in [4.78, 5) is 0. The summed E-state index contributed by atoms with van der Waals surface area (Å²) in [7, 11) is 0. The van der Waals surface area contributed by atoms with Crippen LogP contribution in [0, 0.1) is 5.92 Å². The largest absolute Gasteiger partial charge is 0.0870 e. The van der Waals surface area contributed by atoms with Crippen LogP contribution in [0.4, 0.5) is 0 Å². The van der Waals surface area contributed by atoms with E-state index in [9.17, 15) is 0 Å². The van der Waals surface area contributed by atoms with Crippen molar-refractivity contribution >= 4 is 5.57 Å². The minimum atomic E-state index is 0.0927. The molecule has 0 aromatic heterocycles. The highest BCUT2D eigenvalue weighted by Gasteiger charge is 2.34. The van der Waals surface area contributed by atoms with Gasteiger partial charge in [0.2, 0.25) is 0 Å². The number of allylic oxidation sites excluding steroid dienone is 6. The summed E-state index contributed by atoms with van der Waals surface area (Å²) in [6.45, 7) is 11.3. The first-order valence-corrected chi connectivity index (χ1v) is 7.67. The average molecular weight is 266 g/mol. The Labute approximate surface area is 123 Å². The van der Waals surface area contributed by atoms with Gasteiger partial charge in [0.15, 0.2) is 0 Å². The first-order valence-electron chi connectivity index (χ1n) is 7.67. The van der Waals surface area contributed by atoms with Crippen LogP contribution in [-0.4, -0.2) is 0 Å². The molecule has 1 aliphatic rings. The normalized spacial score (nSPS) is 19.1. The van der Waals surface area contributed by atoms with Crippen LogP contribution in [0.5, 0.6) is 0 Å². The Morgan fingerprint density at radius 2 is 1.85 bits per heavy atom. The SMILES string of the molecule is C/C=C\C1=C(/C=C\C(C)CC)C(C)(C)c2ccccc21. The Bertz CT molecular complexity index is 567. The lowest BCUT2D eigenvalue weighted by Gasteiger charge is -2.23. The summed E-state index contributed by atoms with van der Waals surface area (Å²) in [5, 5.41) is 0. The third kappa shape index (κ3) is 2.52. The Hall–Kier alpha value is -1.56. The average Bonchev–Trinajstić information content (AvgIpc) is 2.66. The van der Waals surface area contributed by atoms with Crippen LogP contribution in [0.25, 0.3) is 5.57 Å². The predicted octanol–water partition coefficient (Wildman–Crippen LogP) is 5.91. The number of rotatable bonds is 4. The molecule has 1 aromatic carbocycles. The van der Waals surface area contributed by atoms with Gasteiger partial charge in [-0.05, 0) is 35.1 Å². The first kappa shape index (κ1) is 14.8. The molecule has 1 aliphatic carbocycles. The third-order valence-electron chi connectivity index (χ3n) is 4.42. The van der Waals surface area contributed by atoms with Gasteiger partial charge in [-0.15, -0.1) is 0 Å². The quantitative estimate of drug-likeness (QED) is 0.635. The first-order chi connectivity index (χ1) is 9.52. The zero-order chi connectivity index (χ0) is 14.8. The van der Waals surface area contributed by atoms with E-state index in [1.54, 1.807) is 0 Å². The van der Waals surface area contributed by atoms with E-state index >= 15 is 0 Å². The van der Waals surface area contributed by atoms with Gasteiger partial charge >= 0.3 is 0 Å². The van der Waals surface area contributed by atoms with E-state index < -0.39 is 0 Å². The van der Waals surface area contributed by atoms with Gasteiger partial charge in [0, 0.05) is 5.41 Å². The van der Waals surface area contributed by atoms with E-state index in [0.29, 0.717) is 5.92 Å². The van der Waals surface area contributed by atoms with Crippen LogP contribution in [0.1, 0.15) is 52.2 Å². The summed E-state index contributed by atoms with van der Waals surface area (Å²) in [6.07, 6.45) is 10.3. The van der Waals surface area contributed by atoms with Gasteiger partial charge in [0.1, 0.15) is 0 Å². The molecule has 20 heavy (non-hydrogen) atoms. The van der Waals surface area contributed by atoms with Gasteiger partial charge < -0.3 is 0 Å². The predicted molar refractivity (Wildman–Crippen MR) is 89.8 cm³/mol. The molecular formula is C20H26. The van der Waals surface area contributed by atoms with Crippen LogP contribution in [-0.2, 0) is 5.41 Å². The molecule has 1 atom stereocenters. The van der Waals surface area contributed by atoms with E-state index in [2.05, 4.69) is 83.2 Å². The molecule has 0 aliphatic heterocycles. The van der Waals surface area contributed by atoms with Crippen molar-refractivity contribution in [1.29, 1.82) is 0 Å². The minimum Gasteiger partial charge on any atom is -0.0870 e. The van der Waals surface area contributed by atoms with Crippen LogP contribution < -0.4 is 0 Å². The molecule has 0 nitrogen and oxygen atoms in total. The molecule has 106 valence electrons. The smallest absolute Gasteiger partial charge is 0.0158 e. The molecule has 0 fully saturated rings. The van der Waals surface area contributed by atoms with Gasteiger partial charge in [-0.3, -0.25) is 0 Å². The monoisotopic (exact) mass is 266 g/mol. The van der Waals surface area contributed by atoms with Crippen LogP contribution >= 0.6 is 0 Å². The van der Waals surface area contributed by atoms with Crippen molar-refractivity contribution in [3.8, 4) is 0 Å². The molecule has 2 rings (SSSR count). The van der Waals surface area contributed by atoms with Gasteiger partial charge in [-0.25, -0.2) is 0 Å². The molecule has 0 spiro atoms. The summed E-state index contributed by atoms with van der Waals surface area (Å²) in [6, 6.07) is 8.80. The third-order valence-corrected chi connectivity index (χ3v) is 4.42. The fraction of sp³-hybridized carbons (Fsp3) is 0.400. The molecule has 0 radical (unpaired) electrons. The highest BCUT2D eigenvalue weighted by molar-refractivity contribution is 5.87. The van der Waals surface area contributed by atoms with E-state index in [4.69, 9.17) is 0 Å². The zero-order valence-electron chi connectivity index (χ0n) is 13.4. The lowest BCUT2D eigenvalue weighted by atomic mass is 9.80. The number of hydrogen-bond donors (Lipinski definition) is 0. The van der Waals surface area contributed by atoms with Gasteiger partial charge in [0.05, 0.1) is 0 Å².